The van der Waals surface area contributed by atoms with E-state index in [1.54, 1.807) is 0 Å². The lowest BCUT2D eigenvalue weighted by Gasteiger charge is -2.29. The van der Waals surface area contributed by atoms with Crippen LogP contribution in [0.2, 0.25) is 0 Å². The lowest BCUT2D eigenvalue weighted by Crippen LogP contribution is -2.22. The minimum atomic E-state index is -5.05. The largest absolute Gasteiger partial charge is 0.573 e. The van der Waals surface area contributed by atoms with Crippen molar-refractivity contribution < 1.29 is 40.2 Å². The SMILES string of the molecule is CCCC1CCC(c2ccc(C(F)(F)OCCc3ccc(OC(F)(F)F)c(F)c3)c(F)c2)CC1. The first-order valence-corrected chi connectivity index (χ1v) is 11.3. The summed E-state index contributed by atoms with van der Waals surface area (Å²) in [7, 11) is 0. The lowest BCUT2D eigenvalue weighted by molar-refractivity contribution is -0.275. The summed E-state index contributed by atoms with van der Waals surface area (Å²) in [5.41, 5.74) is -0.0722. The van der Waals surface area contributed by atoms with E-state index in [9.17, 15) is 30.7 Å². The number of rotatable bonds is 9. The smallest absolute Gasteiger partial charge is 0.403 e. The van der Waals surface area contributed by atoms with Crippen LogP contribution in [0.25, 0.3) is 0 Å². The Morgan fingerprint density at radius 3 is 2.18 bits per heavy atom. The molecule has 0 N–H and O–H groups in total. The summed E-state index contributed by atoms with van der Waals surface area (Å²) in [5.74, 6) is -2.55. The van der Waals surface area contributed by atoms with E-state index in [-0.39, 0.29) is 17.9 Å². The van der Waals surface area contributed by atoms with Crippen molar-refractivity contribution in [2.75, 3.05) is 6.61 Å². The molecule has 2 aromatic carbocycles. The zero-order chi connectivity index (χ0) is 24.9. The van der Waals surface area contributed by atoms with Gasteiger partial charge in [-0.3, -0.25) is 0 Å². The van der Waals surface area contributed by atoms with Gasteiger partial charge in [0.25, 0.3) is 0 Å². The second-order valence-electron chi connectivity index (χ2n) is 8.67. The standard InChI is InChI=1S/C25H27F7O2/c1-2-3-16-4-7-18(8-5-16)19-9-10-20(21(26)15-19)24(28,29)33-13-12-17-6-11-23(22(27)14-17)34-25(30,31)32/h6,9-11,14-16,18H,2-5,7-8,12-13H2,1H3. The van der Waals surface area contributed by atoms with Gasteiger partial charge in [-0.2, -0.15) is 8.78 Å². The minimum Gasteiger partial charge on any atom is -0.403 e. The molecule has 0 amide bonds. The van der Waals surface area contributed by atoms with E-state index in [2.05, 4.69) is 16.4 Å². The third kappa shape index (κ3) is 7.10. The number of ether oxygens (including phenoxy) is 2. The van der Waals surface area contributed by atoms with Gasteiger partial charge in [-0.05, 0) is 79.3 Å². The molecule has 0 unspecified atom stereocenters. The van der Waals surface area contributed by atoms with Gasteiger partial charge < -0.3 is 9.47 Å². The number of benzene rings is 2. The molecule has 34 heavy (non-hydrogen) atoms. The van der Waals surface area contributed by atoms with Gasteiger partial charge in [0.1, 0.15) is 5.82 Å². The highest BCUT2D eigenvalue weighted by Gasteiger charge is 2.36. The van der Waals surface area contributed by atoms with Crippen LogP contribution < -0.4 is 4.74 Å². The summed E-state index contributed by atoms with van der Waals surface area (Å²) in [6.07, 6.45) is -3.00. The highest BCUT2D eigenvalue weighted by atomic mass is 19.4. The van der Waals surface area contributed by atoms with Crippen LogP contribution in [0.5, 0.6) is 5.75 Å². The van der Waals surface area contributed by atoms with Crippen molar-refractivity contribution in [3.63, 3.8) is 0 Å². The van der Waals surface area contributed by atoms with Crippen molar-refractivity contribution in [1.29, 1.82) is 0 Å². The fourth-order valence-corrected chi connectivity index (χ4v) is 4.50. The first-order valence-electron chi connectivity index (χ1n) is 11.3. The summed E-state index contributed by atoms with van der Waals surface area (Å²) in [6.45, 7) is 1.54. The molecule has 0 heterocycles. The highest BCUT2D eigenvalue weighted by molar-refractivity contribution is 5.30. The maximum Gasteiger partial charge on any atom is 0.573 e. The fourth-order valence-electron chi connectivity index (χ4n) is 4.50. The van der Waals surface area contributed by atoms with E-state index in [0.29, 0.717) is 11.5 Å². The molecule has 1 aliphatic carbocycles. The second kappa shape index (κ2) is 11.0. The van der Waals surface area contributed by atoms with Crippen LogP contribution in [-0.2, 0) is 17.3 Å². The predicted molar refractivity (Wildman–Crippen MR) is 113 cm³/mol. The molecule has 1 saturated carbocycles. The first-order chi connectivity index (χ1) is 16.0. The number of alkyl halides is 5. The van der Waals surface area contributed by atoms with E-state index >= 15 is 0 Å². The molecule has 0 spiro atoms. The average Bonchev–Trinajstić information content (AvgIpc) is 2.75. The maximum atomic E-state index is 14.6. The molecular formula is C25H27F7O2. The third-order valence-electron chi connectivity index (χ3n) is 6.22. The third-order valence-corrected chi connectivity index (χ3v) is 6.22. The molecule has 1 fully saturated rings. The molecule has 0 aliphatic heterocycles. The molecule has 3 rings (SSSR count). The maximum absolute atomic E-state index is 14.6. The molecule has 2 nitrogen and oxygen atoms in total. The van der Waals surface area contributed by atoms with E-state index in [0.717, 1.165) is 62.4 Å². The number of hydrogen-bond donors (Lipinski definition) is 0. The van der Waals surface area contributed by atoms with Gasteiger partial charge in [0, 0.05) is 0 Å². The van der Waals surface area contributed by atoms with Crippen molar-refractivity contribution in [2.45, 2.75) is 70.3 Å². The summed E-state index contributed by atoms with van der Waals surface area (Å²) in [6, 6.07) is 6.29. The van der Waals surface area contributed by atoms with Gasteiger partial charge in [0.15, 0.2) is 11.6 Å². The minimum absolute atomic E-state index is 0.123. The number of halogens is 7. The van der Waals surface area contributed by atoms with Crippen LogP contribution in [0.1, 0.15) is 68.1 Å². The van der Waals surface area contributed by atoms with E-state index in [1.807, 2.05) is 0 Å². The molecule has 0 radical (unpaired) electrons. The zero-order valence-corrected chi connectivity index (χ0v) is 18.7. The average molecular weight is 492 g/mol. The molecule has 0 saturated heterocycles. The predicted octanol–water partition coefficient (Wildman–Crippen LogP) is 8.25. The van der Waals surface area contributed by atoms with Gasteiger partial charge in [-0.15, -0.1) is 13.2 Å². The highest BCUT2D eigenvalue weighted by Crippen LogP contribution is 2.39. The van der Waals surface area contributed by atoms with Gasteiger partial charge in [-0.25, -0.2) is 8.78 Å². The molecule has 0 bridgehead atoms. The molecular weight excluding hydrogens is 465 g/mol. The molecule has 2 aromatic rings. The van der Waals surface area contributed by atoms with Crippen LogP contribution >= 0.6 is 0 Å². The Bertz CT molecular complexity index is 951. The van der Waals surface area contributed by atoms with Gasteiger partial charge >= 0.3 is 12.5 Å². The molecule has 9 heteroatoms. The van der Waals surface area contributed by atoms with Gasteiger partial charge in [0.2, 0.25) is 0 Å². The Morgan fingerprint density at radius 2 is 1.59 bits per heavy atom. The summed E-state index contributed by atoms with van der Waals surface area (Å²) in [5, 5.41) is 0. The number of hydrogen-bond acceptors (Lipinski definition) is 2. The van der Waals surface area contributed by atoms with E-state index in [4.69, 9.17) is 0 Å². The molecule has 1 aliphatic rings. The fraction of sp³-hybridized carbons (Fsp3) is 0.520. The van der Waals surface area contributed by atoms with Crippen molar-refractivity contribution >= 4 is 0 Å². The Hall–Kier alpha value is -2.29. The van der Waals surface area contributed by atoms with Crippen molar-refractivity contribution in [1.82, 2.24) is 0 Å². The Labute approximate surface area is 194 Å². The zero-order valence-electron chi connectivity index (χ0n) is 18.7. The Kier molecular flexibility index (Phi) is 8.49. The summed E-state index contributed by atoms with van der Waals surface area (Å²) in [4.78, 5) is 0. The summed E-state index contributed by atoms with van der Waals surface area (Å²) < 4.78 is 102. The van der Waals surface area contributed by atoms with Crippen LogP contribution in [0, 0.1) is 17.6 Å². The second-order valence-corrected chi connectivity index (χ2v) is 8.67. The molecule has 0 atom stereocenters. The van der Waals surface area contributed by atoms with Crippen LogP contribution in [-0.4, -0.2) is 13.0 Å². The Morgan fingerprint density at radius 1 is 0.882 bits per heavy atom. The quantitative estimate of drug-likeness (QED) is 0.328. The van der Waals surface area contributed by atoms with Crippen molar-refractivity contribution in [2.24, 2.45) is 5.92 Å². The van der Waals surface area contributed by atoms with Crippen LogP contribution in [0.3, 0.4) is 0 Å². The van der Waals surface area contributed by atoms with E-state index in [1.165, 1.54) is 12.5 Å². The monoisotopic (exact) mass is 492 g/mol. The van der Waals surface area contributed by atoms with Crippen molar-refractivity contribution in [3.05, 3.63) is 64.7 Å². The lowest BCUT2D eigenvalue weighted by atomic mass is 9.77. The summed E-state index contributed by atoms with van der Waals surface area (Å²) >= 11 is 0. The van der Waals surface area contributed by atoms with Crippen LogP contribution in [0.15, 0.2) is 36.4 Å². The normalized spacial score (nSPS) is 19.3. The Balaban J connectivity index is 1.57. The molecule has 0 aromatic heterocycles. The van der Waals surface area contributed by atoms with Crippen LogP contribution in [0.4, 0.5) is 30.7 Å². The molecule has 188 valence electrons. The van der Waals surface area contributed by atoms with Crippen molar-refractivity contribution in [3.8, 4) is 5.75 Å². The first kappa shape index (κ1) is 26.3. The van der Waals surface area contributed by atoms with Gasteiger partial charge in [0.05, 0.1) is 12.2 Å². The van der Waals surface area contributed by atoms with Gasteiger partial charge in [-0.1, -0.05) is 31.9 Å². The van der Waals surface area contributed by atoms with E-state index < -0.39 is 42.0 Å². The topological polar surface area (TPSA) is 18.5 Å².